The molecule has 0 aliphatic heterocycles. The fourth-order valence-electron chi connectivity index (χ4n) is 1.74. The quantitative estimate of drug-likeness (QED) is 0.246. The Balaban J connectivity index is 0.00000484. The molecule has 5 nitrogen and oxygen atoms in total. The number of halogens is 2. The third-order valence-electron chi connectivity index (χ3n) is 2.75. The van der Waals surface area contributed by atoms with Gasteiger partial charge in [-0.25, -0.2) is 0 Å². The van der Waals surface area contributed by atoms with Gasteiger partial charge in [0.25, 0.3) is 0 Å². The average molecular weight is 456 g/mol. The third kappa shape index (κ3) is 10.6. The summed E-state index contributed by atoms with van der Waals surface area (Å²) in [5.41, 5.74) is 0. The molecule has 0 amide bonds. The van der Waals surface area contributed by atoms with Crippen LogP contribution >= 0.6 is 35.6 Å². The maximum Gasteiger partial charge on any atom is 0.191 e. The average Bonchev–Trinajstić information content (AvgIpc) is 2.52. The molecule has 1 aromatic carbocycles. The summed E-state index contributed by atoms with van der Waals surface area (Å²) in [5.74, 6) is 1.49. The summed E-state index contributed by atoms with van der Waals surface area (Å²) < 4.78 is 10.9. The lowest BCUT2D eigenvalue weighted by molar-refractivity contribution is 0.146. The molecule has 0 spiro atoms. The van der Waals surface area contributed by atoms with Crippen LogP contribution in [-0.4, -0.2) is 45.4 Å². The zero-order valence-corrected chi connectivity index (χ0v) is 16.9. The molecule has 0 bridgehead atoms. The van der Waals surface area contributed by atoms with Crippen LogP contribution in [0, 0.1) is 0 Å². The van der Waals surface area contributed by atoms with Crippen molar-refractivity contribution >= 4 is 41.5 Å². The van der Waals surface area contributed by atoms with Crippen LogP contribution in [0.5, 0.6) is 5.75 Å². The van der Waals surface area contributed by atoms with Gasteiger partial charge in [0, 0.05) is 26.3 Å². The molecule has 2 N–H and O–H groups in total. The van der Waals surface area contributed by atoms with E-state index in [-0.39, 0.29) is 24.0 Å². The summed E-state index contributed by atoms with van der Waals surface area (Å²) in [6, 6.07) is 7.45. The number of hydrogen-bond acceptors (Lipinski definition) is 3. The SMILES string of the molecule is CCNC(=NCCCOCC)NCCOc1ccccc1Cl.I. The molecule has 0 atom stereocenters. The van der Waals surface area contributed by atoms with Crippen molar-refractivity contribution in [2.45, 2.75) is 20.3 Å². The second-order valence-corrected chi connectivity index (χ2v) is 4.92. The van der Waals surface area contributed by atoms with Gasteiger partial charge in [-0.2, -0.15) is 0 Å². The Kier molecular flexibility index (Phi) is 14.4. The molecule has 7 heteroatoms. The van der Waals surface area contributed by atoms with Gasteiger partial charge in [-0.3, -0.25) is 4.99 Å². The molecule has 0 unspecified atom stereocenters. The minimum atomic E-state index is 0. The van der Waals surface area contributed by atoms with E-state index in [4.69, 9.17) is 21.1 Å². The fourth-order valence-corrected chi connectivity index (χ4v) is 1.93. The molecule has 0 saturated carbocycles. The van der Waals surface area contributed by atoms with Crippen LogP contribution in [0.15, 0.2) is 29.3 Å². The smallest absolute Gasteiger partial charge is 0.191 e. The number of aliphatic imine (C=N–C) groups is 1. The summed E-state index contributed by atoms with van der Waals surface area (Å²) in [6.07, 6.45) is 0.917. The van der Waals surface area contributed by atoms with Gasteiger partial charge in [-0.1, -0.05) is 23.7 Å². The van der Waals surface area contributed by atoms with Crippen LogP contribution in [0.2, 0.25) is 5.02 Å². The zero-order valence-electron chi connectivity index (χ0n) is 13.8. The number of rotatable bonds is 10. The first kappa shape index (κ1) is 22.3. The van der Waals surface area contributed by atoms with Crippen LogP contribution in [0.25, 0.3) is 0 Å². The van der Waals surface area contributed by atoms with E-state index >= 15 is 0 Å². The highest BCUT2D eigenvalue weighted by Crippen LogP contribution is 2.22. The normalized spacial score (nSPS) is 10.8. The number of ether oxygens (including phenoxy) is 2. The molecule has 1 aromatic rings. The highest BCUT2D eigenvalue weighted by Gasteiger charge is 2.00. The van der Waals surface area contributed by atoms with Crippen molar-refractivity contribution in [3.8, 4) is 5.75 Å². The lowest BCUT2D eigenvalue weighted by Crippen LogP contribution is -2.39. The first-order valence-electron chi connectivity index (χ1n) is 7.75. The first-order valence-corrected chi connectivity index (χ1v) is 8.13. The predicted molar refractivity (Wildman–Crippen MR) is 107 cm³/mol. The maximum absolute atomic E-state index is 6.03. The molecular weight excluding hydrogens is 429 g/mol. The second-order valence-electron chi connectivity index (χ2n) is 4.52. The summed E-state index contributed by atoms with van der Waals surface area (Å²) in [5, 5.41) is 7.06. The standard InChI is InChI=1S/C16H26ClN3O2.HI/c1-3-18-16(19-10-7-12-21-4-2)20-11-13-22-15-9-6-5-8-14(15)17;/h5-6,8-9H,3-4,7,10-13H2,1-2H3,(H2,18,19,20);1H. The van der Waals surface area contributed by atoms with Crippen molar-refractivity contribution in [2.24, 2.45) is 4.99 Å². The highest BCUT2D eigenvalue weighted by atomic mass is 127. The molecule has 0 aliphatic carbocycles. The molecule has 0 radical (unpaired) electrons. The van der Waals surface area contributed by atoms with E-state index in [0.29, 0.717) is 23.9 Å². The Hall–Kier alpha value is -0.730. The van der Waals surface area contributed by atoms with Crippen molar-refractivity contribution in [1.82, 2.24) is 10.6 Å². The number of nitrogens with zero attached hydrogens (tertiary/aromatic N) is 1. The molecule has 0 fully saturated rings. The summed E-state index contributed by atoms with van der Waals surface area (Å²) >= 11 is 6.03. The predicted octanol–water partition coefficient (Wildman–Crippen LogP) is 3.32. The minimum Gasteiger partial charge on any atom is -0.490 e. The Bertz CT molecular complexity index is 447. The van der Waals surface area contributed by atoms with Crippen molar-refractivity contribution in [3.05, 3.63) is 29.3 Å². The van der Waals surface area contributed by atoms with Crippen molar-refractivity contribution in [1.29, 1.82) is 0 Å². The fraction of sp³-hybridized carbons (Fsp3) is 0.562. The van der Waals surface area contributed by atoms with Gasteiger partial charge >= 0.3 is 0 Å². The van der Waals surface area contributed by atoms with Gasteiger partial charge in [0.05, 0.1) is 11.6 Å². The van der Waals surface area contributed by atoms with Crippen molar-refractivity contribution < 1.29 is 9.47 Å². The van der Waals surface area contributed by atoms with Gasteiger partial charge in [0.15, 0.2) is 5.96 Å². The number of benzene rings is 1. The van der Waals surface area contributed by atoms with Gasteiger partial charge < -0.3 is 20.1 Å². The number of nitrogens with one attached hydrogen (secondary N) is 2. The van der Waals surface area contributed by atoms with Crippen LogP contribution in [-0.2, 0) is 4.74 Å². The third-order valence-corrected chi connectivity index (χ3v) is 3.07. The molecule has 0 heterocycles. The number of guanidine groups is 1. The second kappa shape index (κ2) is 14.8. The van der Waals surface area contributed by atoms with E-state index < -0.39 is 0 Å². The molecule has 23 heavy (non-hydrogen) atoms. The van der Waals surface area contributed by atoms with Crippen LogP contribution in [0.1, 0.15) is 20.3 Å². The molecule has 132 valence electrons. The van der Waals surface area contributed by atoms with E-state index in [1.807, 2.05) is 38.1 Å². The van der Waals surface area contributed by atoms with Crippen LogP contribution < -0.4 is 15.4 Å². The highest BCUT2D eigenvalue weighted by molar-refractivity contribution is 14.0. The van der Waals surface area contributed by atoms with Gasteiger partial charge in [0.1, 0.15) is 12.4 Å². The Morgan fingerprint density at radius 3 is 2.65 bits per heavy atom. The largest absolute Gasteiger partial charge is 0.490 e. The lowest BCUT2D eigenvalue weighted by Gasteiger charge is -2.12. The summed E-state index contributed by atoms with van der Waals surface area (Å²) in [4.78, 5) is 4.48. The lowest BCUT2D eigenvalue weighted by atomic mass is 10.3. The van der Waals surface area contributed by atoms with E-state index in [2.05, 4.69) is 15.6 Å². The topological polar surface area (TPSA) is 54.9 Å². The maximum atomic E-state index is 6.03. The van der Waals surface area contributed by atoms with E-state index in [1.165, 1.54) is 0 Å². The Morgan fingerprint density at radius 2 is 1.96 bits per heavy atom. The van der Waals surface area contributed by atoms with Gasteiger partial charge in [-0.05, 0) is 32.4 Å². The molecule has 0 aliphatic rings. The van der Waals surface area contributed by atoms with E-state index in [1.54, 1.807) is 0 Å². The number of para-hydroxylation sites is 1. The molecule has 0 saturated heterocycles. The monoisotopic (exact) mass is 455 g/mol. The van der Waals surface area contributed by atoms with Crippen LogP contribution in [0.3, 0.4) is 0 Å². The van der Waals surface area contributed by atoms with Crippen LogP contribution in [0.4, 0.5) is 0 Å². The molecule has 0 aromatic heterocycles. The summed E-state index contributed by atoms with van der Waals surface area (Å²) in [7, 11) is 0. The summed E-state index contributed by atoms with van der Waals surface area (Å²) in [6.45, 7) is 8.26. The number of hydrogen-bond donors (Lipinski definition) is 2. The first-order chi connectivity index (χ1) is 10.8. The molecular formula is C16H27ClIN3O2. The Morgan fingerprint density at radius 1 is 1.17 bits per heavy atom. The van der Waals surface area contributed by atoms with E-state index in [9.17, 15) is 0 Å². The zero-order chi connectivity index (χ0) is 16.0. The molecule has 1 rings (SSSR count). The Labute approximate surface area is 161 Å². The minimum absolute atomic E-state index is 0. The van der Waals surface area contributed by atoms with E-state index in [0.717, 1.165) is 38.7 Å². The van der Waals surface area contributed by atoms with Crippen molar-refractivity contribution in [2.75, 3.05) is 39.5 Å². The van der Waals surface area contributed by atoms with Gasteiger partial charge in [0.2, 0.25) is 0 Å². The van der Waals surface area contributed by atoms with Crippen molar-refractivity contribution in [3.63, 3.8) is 0 Å². The van der Waals surface area contributed by atoms with Gasteiger partial charge in [-0.15, -0.1) is 24.0 Å².